The molecule has 3 rings (SSSR count). The zero-order valence-corrected chi connectivity index (χ0v) is 7.23. The molecule has 0 fully saturated rings. The molecule has 3 aromatic rings. The number of benzene rings is 1. The number of nitrogens with one attached hydrogen (secondary N) is 2. The standard InChI is InChI=1S/C9H7N5/c10-9-13-7-4-2-1-3-6(7)8-11-5-12-14(8)9/h1-5,10H,(H,11,12). The van der Waals surface area contributed by atoms with E-state index in [9.17, 15) is 0 Å². The normalized spacial score (nSPS) is 11.1. The summed E-state index contributed by atoms with van der Waals surface area (Å²) in [5.41, 5.74) is 1.75. The average Bonchev–Trinajstić information content (AvgIpc) is 2.67. The van der Waals surface area contributed by atoms with Crippen LogP contribution in [-0.2, 0) is 0 Å². The fraction of sp³-hybridized carbons (Fsp3) is 0. The van der Waals surface area contributed by atoms with Gasteiger partial charge in [-0.3, -0.25) is 5.41 Å². The van der Waals surface area contributed by atoms with Crippen molar-refractivity contribution in [2.24, 2.45) is 0 Å². The van der Waals surface area contributed by atoms with Gasteiger partial charge in [0, 0.05) is 5.39 Å². The Morgan fingerprint density at radius 1 is 1.29 bits per heavy atom. The molecule has 0 aliphatic rings. The molecule has 0 bridgehead atoms. The third kappa shape index (κ3) is 0.806. The molecule has 0 atom stereocenters. The fourth-order valence-corrected chi connectivity index (χ4v) is 1.55. The van der Waals surface area contributed by atoms with Crippen molar-refractivity contribution in [3.63, 3.8) is 0 Å². The van der Waals surface area contributed by atoms with Gasteiger partial charge in [0.15, 0.2) is 0 Å². The van der Waals surface area contributed by atoms with Crippen LogP contribution in [-0.4, -0.2) is 19.6 Å². The number of rotatable bonds is 0. The topological polar surface area (TPSA) is 69.8 Å². The maximum atomic E-state index is 7.63. The van der Waals surface area contributed by atoms with Crippen molar-refractivity contribution in [3.8, 4) is 0 Å². The molecule has 14 heavy (non-hydrogen) atoms. The van der Waals surface area contributed by atoms with Crippen LogP contribution in [0.1, 0.15) is 0 Å². The smallest absolute Gasteiger partial charge is 0.245 e. The summed E-state index contributed by atoms with van der Waals surface area (Å²) in [6.07, 6.45) is 1.56. The second-order valence-corrected chi connectivity index (χ2v) is 3.00. The van der Waals surface area contributed by atoms with E-state index in [-0.39, 0.29) is 5.62 Å². The van der Waals surface area contributed by atoms with Crippen LogP contribution in [0.3, 0.4) is 0 Å². The number of nitrogens with zero attached hydrogens (tertiary/aromatic N) is 3. The van der Waals surface area contributed by atoms with Crippen LogP contribution in [0.15, 0.2) is 30.6 Å². The van der Waals surface area contributed by atoms with Gasteiger partial charge < -0.3 is 4.98 Å². The van der Waals surface area contributed by atoms with Gasteiger partial charge >= 0.3 is 0 Å². The van der Waals surface area contributed by atoms with E-state index in [0.29, 0.717) is 0 Å². The van der Waals surface area contributed by atoms with Gasteiger partial charge in [-0.25, -0.2) is 4.98 Å². The SMILES string of the molecule is N=c1nc2ccccc2c2[nH]cnn12. The third-order valence-corrected chi connectivity index (χ3v) is 2.17. The summed E-state index contributed by atoms with van der Waals surface area (Å²) in [5, 5.41) is 12.6. The predicted octanol–water partition coefficient (Wildman–Crippen LogP) is 0.690. The van der Waals surface area contributed by atoms with Crippen molar-refractivity contribution in [1.29, 1.82) is 5.41 Å². The molecule has 2 aromatic heterocycles. The summed E-state index contributed by atoms with van der Waals surface area (Å²) in [7, 11) is 0. The summed E-state index contributed by atoms with van der Waals surface area (Å²) in [6.45, 7) is 0. The van der Waals surface area contributed by atoms with E-state index in [2.05, 4.69) is 15.1 Å². The van der Waals surface area contributed by atoms with Crippen molar-refractivity contribution < 1.29 is 0 Å². The Kier molecular flexibility index (Phi) is 1.25. The highest BCUT2D eigenvalue weighted by Gasteiger charge is 2.02. The van der Waals surface area contributed by atoms with Gasteiger partial charge in [0.1, 0.15) is 12.0 Å². The minimum atomic E-state index is 0.139. The van der Waals surface area contributed by atoms with Crippen molar-refractivity contribution in [1.82, 2.24) is 19.6 Å². The van der Waals surface area contributed by atoms with Gasteiger partial charge in [-0.15, -0.1) is 0 Å². The molecule has 2 heterocycles. The highest BCUT2D eigenvalue weighted by Crippen LogP contribution is 2.12. The molecular weight excluding hydrogens is 178 g/mol. The molecule has 0 spiro atoms. The zero-order chi connectivity index (χ0) is 9.54. The summed E-state index contributed by atoms with van der Waals surface area (Å²) in [4.78, 5) is 7.12. The number of hydrogen-bond acceptors (Lipinski definition) is 3. The first-order valence-electron chi connectivity index (χ1n) is 4.22. The van der Waals surface area contributed by atoms with Crippen LogP contribution < -0.4 is 5.62 Å². The summed E-state index contributed by atoms with van der Waals surface area (Å²) in [5.74, 6) is 0. The lowest BCUT2D eigenvalue weighted by Gasteiger charge is -1.97. The number of fused-ring (bicyclic) bond motifs is 3. The maximum absolute atomic E-state index is 7.63. The number of para-hydroxylation sites is 1. The van der Waals surface area contributed by atoms with Gasteiger partial charge in [0.05, 0.1) is 5.52 Å². The average molecular weight is 185 g/mol. The van der Waals surface area contributed by atoms with Crippen molar-refractivity contribution >= 4 is 16.6 Å². The quantitative estimate of drug-likeness (QED) is 0.541. The van der Waals surface area contributed by atoms with E-state index in [0.717, 1.165) is 16.6 Å². The van der Waals surface area contributed by atoms with E-state index in [4.69, 9.17) is 5.41 Å². The summed E-state index contributed by atoms with van der Waals surface area (Å²) in [6, 6.07) is 7.68. The summed E-state index contributed by atoms with van der Waals surface area (Å²) < 4.78 is 1.47. The molecule has 0 saturated carbocycles. The van der Waals surface area contributed by atoms with Crippen LogP contribution >= 0.6 is 0 Å². The molecule has 0 amide bonds. The molecule has 0 radical (unpaired) electrons. The largest absolute Gasteiger partial charge is 0.329 e. The van der Waals surface area contributed by atoms with E-state index >= 15 is 0 Å². The number of aromatic amines is 1. The van der Waals surface area contributed by atoms with E-state index < -0.39 is 0 Å². The van der Waals surface area contributed by atoms with Crippen LogP contribution in [0, 0.1) is 5.41 Å². The maximum Gasteiger partial charge on any atom is 0.245 e. The van der Waals surface area contributed by atoms with Gasteiger partial charge in [-0.2, -0.15) is 9.61 Å². The van der Waals surface area contributed by atoms with Crippen molar-refractivity contribution in [3.05, 3.63) is 36.2 Å². The second-order valence-electron chi connectivity index (χ2n) is 3.00. The number of aromatic nitrogens is 4. The molecule has 5 nitrogen and oxygen atoms in total. The van der Waals surface area contributed by atoms with Crippen LogP contribution in [0.25, 0.3) is 16.6 Å². The molecule has 0 unspecified atom stereocenters. The van der Waals surface area contributed by atoms with Crippen LogP contribution in [0.2, 0.25) is 0 Å². The first-order valence-corrected chi connectivity index (χ1v) is 4.22. The van der Waals surface area contributed by atoms with Crippen molar-refractivity contribution in [2.75, 3.05) is 0 Å². The van der Waals surface area contributed by atoms with E-state index in [1.54, 1.807) is 6.33 Å². The highest BCUT2D eigenvalue weighted by atomic mass is 15.3. The Balaban J connectivity index is 2.73. The Hall–Kier alpha value is -2.17. The van der Waals surface area contributed by atoms with E-state index in [1.165, 1.54) is 4.52 Å². The number of H-pyrrole nitrogens is 1. The lowest BCUT2D eigenvalue weighted by Crippen LogP contribution is -2.17. The monoisotopic (exact) mass is 185 g/mol. The molecular formula is C9H7N5. The Bertz CT molecular complexity index is 663. The Morgan fingerprint density at radius 2 is 2.14 bits per heavy atom. The fourth-order valence-electron chi connectivity index (χ4n) is 1.55. The van der Waals surface area contributed by atoms with Crippen LogP contribution in [0.4, 0.5) is 0 Å². The number of hydrogen-bond donors (Lipinski definition) is 2. The first kappa shape index (κ1) is 7.25. The van der Waals surface area contributed by atoms with Gasteiger partial charge in [-0.1, -0.05) is 12.1 Å². The van der Waals surface area contributed by atoms with Gasteiger partial charge in [0.2, 0.25) is 5.62 Å². The minimum absolute atomic E-state index is 0.139. The second kappa shape index (κ2) is 2.41. The highest BCUT2D eigenvalue weighted by molar-refractivity contribution is 5.90. The minimum Gasteiger partial charge on any atom is -0.329 e. The summed E-state index contributed by atoms with van der Waals surface area (Å²) >= 11 is 0. The van der Waals surface area contributed by atoms with Crippen molar-refractivity contribution in [2.45, 2.75) is 0 Å². The Labute approximate surface area is 78.5 Å². The molecule has 68 valence electrons. The first-order chi connectivity index (χ1) is 6.86. The molecule has 0 saturated heterocycles. The van der Waals surface area contributed by atoms with Gasteiger partial charge in [0.25, 0.3) is 0 Å². The lowest BCUT2D eigenvalue weighted by atomic mass is 10.2. The third-order valence-electron chi connectivity index (χ3n) is 2.17. The molecule has 0 aliphatic heterocycles. The molecule has 1 aromatic carbocycles. The zero-order valence-electron chi connectivity index (χ0n) is 7.23. The predicted molar refractivity (Wildman–Crippen MR) is 50.7 cm³/mol. The molecule has 5 heteroatoms. The Morgan fingerprint density at radius 3 is 3.07 bits per heavy atom. The lowest BCUT2D eigenvalue weighted by molar-refractivity contribution is 0.828. The van der Waals surface area contributed by atoms with Crippen LogP contribution in [0.5, 0.6) is 0 Å². The van der Waals surface area contributed by atoms with Gasteiger partial charge in [-0.05, 0) is 12.1 Å². The molecule has 2 N–H and O–H groups in total. The van der Waals surface area contributed by atoms with E-state index in [1.807, 2.05) is 24.3 Å². The molecule has 0 aliphatic carbocycles.